The lowest BCUT2D eigenvalue weighted by Crippen LogP contribution is -2.38. The Morgan fingerprint density at radius 1 is 1.42 bits per heavy atom. The molecule has 1 aromatic carbocycles. The van der Waals surface area contributed by atoms with E-state index >= 15 is 0 Å². The molecule has 0 fully saturated rings. The molecule has 1 atom stereocenters. The fourth-order valence-electron chi connectivity index (χ4n) is 1.44. The zero-order chi connectivity index (χ0) is 14.5. The molecule has 0 spiro atoms. The molecule has 0 aliphatic heterocycles. The predicted molar refractivity (Wildman–Crippen MR) is 61.6 cm³/mol. The lowest BCUT2D eigenvalue weighted by molar-refractivity contribution is -0.201. The number of hydrogen-bond donors (Lipinski definition) is 2. The van der Waals surface area contributed by atoms with Gasteiger partial charge in [0, 0.05) is 13.1 Å². The predicted octanol–water partition coefficient (Wildman–Crippen LogP) is 1.49. The van der Waals surface area contributed by atoms with E-state index in [1.807, 2.05) is 0 Å². The lowest BCUT2D eigenvalue weighted by atomic mass is 10.1. The second-order valence-electron chi connectivity index (χ2n) is 3.84. The molecule has 0 saturated carbocycles. The van der Waals surface area contributed by atoms with Crippen LogP contribution in [-0.2, 0) is 11.3 Å². The summed E-state index contributed by atoms with van der Waals surface area (Å²) in [5.41, 5.74) is 0.780. The maximum Gasteiger partial charge on any atom is 0.415 e. The highest BCUT2D eigenvalue weighted by Crippen LogP contribution is 2.19. The second kappa shape index (κ2) is 6.53. The fraction of sp³-hybridized carbons (Fsp3) is 0.417. The van der Waals surface area contributed by atoms with Crippen LogP contribution in [0.5, 0.6) is 0 Å². The largest absolute Gasteiger partial charge is 0.465 e. The molecule has 0 amide bonds. The van der Waals surface area contributed by atoms with Gasteiger partial charge in [-0.3, -0.25) is 0 Å². The molecule has 1 aromatic rings. The summed E-state index contributed by atoms with van der Waals surface area (Å²) < 4.78 is 40.8. The van der Waals surface area contributed by atoms with Crippen LogP contribution < -0.4 is 5.32 Å². The Kier molecular flexibility index (Phi) is 5.31. The summed E-state index contributed by atoms with van der Waals surface area (Å²) in [7, 11) is 1.22. The van der Waals surface area contributed by atoms with Crippen LogP contribution in [0.25, 0.3) is 0 Å². The van der Waals surface area contributed by atoms with Crippen LogP contribution in [0.3, 0.4) is 0 Å². The zero-order valence-corrected chi connectivity index (χ0v) is 10.2. The van der Waals surface area contributed by atoms with E-state index in [4.69, 9.17) is 5.11 Å². The second-order valence-corrected chi connectivity index (χ2v) is 3.84. The minimum Gasteiger partial charge on any atom is -0.465 e. The number of aliphatic hydroxyl groups is 1. The third-order valence-electron chi connectivity index (χ3n) is 2.45. The molecule has 19 heavy (non-hydrogen) atoms. The van der Waals surface area contributed by atoms with Gasteiger partial charge in [0.1, 0.15) is 0 Å². The first kappa shape index (κ1) is 15.5. The Bertz CT molecular complexity index is 434. The number of ether oxygens (including phenoxy) is 1. The summed E-state index contributed by atoms with van der Waals surface area (Å²) in [5, 5.41) is 11.3. The maximum atomic E-state index is 12.1. The van der Waals surface area contributed by atoms with E-state index in [0.29, 0.717) is 5.56 Å². The summed E-state index contributed by atoms with van der Waals surface area (Å²) in [5.74, 6) is -0.561. The Balaban J connectivity index is 2.61. The zero-order valence-electron chi connectivity index (χ0n) is 10.2. The topological polar surface area (TPSA) is 58.6 Å². The minimum absolute atomic E-state index is 0.0262. The molecular weight excluding hydrogens is 263 g/mol. The van der Waals surface area contributed by atoms with Crippen LogP contribution in [0.4, 0.5) is 13.2 Å². The molecule has 0 bridgehead atoms. The van der Waals surface area contributed by atoms with Gasteiger partial charge in [-0.2, -0.15) is 13.2 Å². The van der Waals surface area contributed by atoms with Gasteiger partial charge in [0.25, 0.3) is 0 Å². The van der Waals surface area contributed by atoms with Crippen molar-refractivity contribution in [1.29, 1.82) is 0 Å². The molecule has 1 rings (SSSR count). The van der Waals surface area contributed by atoms with E-state index in [2.05, 4.69) is 10.1 Å². The maximum absolute atomic E-state index is 12.1. The SMILES string of the molecule is COC(=O)c1ccccc1CNCC(O)C(F)(F)F. The smallest absolute Gasteiger partial charge is 0.415 e. The van der Waals surface area contributed by atoms with Crippen molar-refractivity contribution in [3.63, 3.8) is 0 Å². The Labute approximate surface area is 108 Å². The summed E-state index contributed by atoms with van der Waals surface area (Å²) >= 11 is 0. The molecule has 0 aliphatic carbocycles. The molecule has 4 nitrogen and oxygen atoms in total. The Hall–Kier alpha value is -1.60. The van der Waals surface area contributed by atoms with Gasteiger partial charge in [0.15, 0.2) is 6.10 Å². The van der Waals surface area contributed by atoms with Crippen LogP contribution in [0.2, 0.25) is 0 Å². The average Bonchev–Trinajstić information content (AvgIpc) is 2.37. The number of aliphatic hydroxyl groups excluding tert-OH is 1. The van der Waals surface area contributed by atoms with E-state index in [-0.39, 0.29) is 12.1 Å². The average molecular weight is 277 g/mol. The van der Waals surface area contributed by atoms with Crippen LogP contribution in [0.1, 0.15) is 15.9 Å². The third kappa shape index (κ3) is 4.53. The number of alkyl halides is 3. The van der Waals surface area contributed by atoms with Gasteiger partial charge < -0.3 is 15.2 Å². The number of carbonyl (C=O) groups excluding carboxylic acids is 1. The molecule has 7 heteroatoms. The molecule has 0 aliphatic rings. The lowest BCUT2D eigenvalue weighted by Gasteiger charge is -2.15. The first-order valence-electron chi connectivity index (χ1n) is 5.48. The number of rotatable bonds is 5. The number of halogens is 3. The quantitative estimate of drug-likeness (QED) is 0.801. The number of methoxy groups -OCH3 is 1. The van der Waals surface area contributed by atoms with Crippen LogP contribution in [0, 0.1) is 0 Å². The van der Waals surface area contributed by atoms with Gasteiger partial charge in [-0.05, 0) is 11.6 Å². The minimum atomic E-state index is -4.66. The molecule has 1 unspecified atom stereocenters. The van der Waals surface area contributed by atoms with Crippen molar-refractivity contribution >= 4 is 5.97 Å². The molecule has 2 N–H and O–H groups in total. The monoisotopic (exact) mass is 277 g/mol. The highest BCUT2D eigenvalue weighted by molar-refractivity contribution is 5.90. The van der Waals surface area contributed by atoms with Gasteiger partial charge in [0.2, 0.25) is 0 Å². The highest BCUT2D eigenvalue weighted by Gasteiger charge is 2.37. The number of carbonyl (C=O) groups is 1. The van der Waals surface area contributed by atoms with Crippen molar-refractivity contribution in [1.82, 2.24) is 5.32 Å². The van der Waals surface area contributed by atoms with E-state index < -0.39 is 24.8 Å². The summed E-state index contributed by atoms with van der Waals surface area (Å²) in [6.07, 6.45) is -7.09. The van der Waals surface area contributed by atoms with Crippen molar-refractivity contribution in [3.8, 4) is 0 Å². The summed E-state index contributed by atoms with van der Waals surface area (Å²) in [6.45, 7) is -0.614. The molecule has 106 valence electrons. The summed E-state index contributed by atoms with van der Waals surface area (Å²) in [6, 6.07) is 6.40. The summed E-state index contributed by atoms with van der Waals surface area (Å²) in [4.78, 5) is 11.4. The van der Waals surface area contributed by atoms with Crippen LogP contribution in [0.15, 0.2) is 24.3 Å². The van der Waals surface area contributed by atoms with E-state index in [0.717, 1.165) is 0 Å². The van der Waals surface area contributed by atoms with Gasteiger partial charge in [-0.15, -0.1) is 0 Å². The highest BCUT2D eigenvalue weighted by atomic mass is 19.4. The first-order valence-corrected chi connectivity index (χ1v) is 5.48. The van der Waals surface area contributed by atoms with Crippen molar-refractivity contribution < 1.29 is 27.8 Å². The third-order valence-corrected chi connectivity index (χ3v) is 2.45. The van der Waals surface area contributed by atoms with Crippen molar-refractivity contribution in [2.24, 2.45) is 0 Å². The van der Waals surface area contributed by atoms with Gasteiger partial charge >= 0.3 is 12.1 Å². The fourth-order valence-corrected chi connectivity index (χ4v) is 1.44. The van der Waals surface area contributed by atoms with Crippen molar-refractivity contribution in [2.45, 2.75) is 18.8 Å². The Morgan fingerprint density at radius 3 is 2.63 bits per heavy atom. The molecular formula is C12H14F3NO3. The van der Waals surface area contributed by atoms with Crippen LogP contribution in [-0.4, -0.2) is 37.0 Å². The number of benzene rings is 1. The molecule has 0 radical (unpaired) electrons. The van der Waals surface area contributed by atoms with E-state index in [1.165, 1.54) is 13.2 Å². The van der Waals surface area contributed by atoms with E-state index in [1.54, 1.807) is 18.2 Å². The van der Waals surface area contributed by atoms with Gasteiger partial charge in [-0.25, -0.2) is 4.79 Å². The van der Waals surface area contributed by atoms with Crippen molar-refractivity contribution in [3.05, 3.63) is 35.4 Å². The number of esters is 1. The molecule has 0 heterocycles. The molecule has 0 saturated heterocycles. The number of hydrogen-bond acceptors (Lipinski definition) is 4. The van der Waals surface area contributed by atoms with E-state index in [9.17, 15) is 18.0 Å². The standard InChI is InChI=1S/C12H14F3NO3/c1-19-11(18)9-5-3-2-4-8(9)6-16-7-10(17)12(13,14)15/h2-5,10,16-17H,6-7H2,1H3. The van der Waals surface area contributed by atoms with Crippen LogP contribution >= 0.6 is 0 Å². The Morgan fingerprint density at radius 2 is 2.05 bits per heavy atom. The first-order chi connectivity index (χ1) is 8.86. The number of nitrogens with one attached hydrogen (secondary N) is 1. The van der Waals surface area contributed by atoms with Gasteiger partial charge in [-0.1, -0.05) is 18.2 Å². The van der Waals surface area contributed by atoms with Crippen molar-refractivity contribution in [2.75, 3.05) is 13.7 Å². The van der Waals surface area contributed by atoms with Gasteiger partial charge in [0.05, 0.1) is 12.7 Å². The molecule has 0 aromatic heterocycles. The normalized spacial score (nSPS) is 13.1.